The van der Waals surface area contributed by atoms with Gasteiger partial charge in [0.1, 0.15) is 7.85 Å². The average molecular weight is 136 g/mol. The maximum Gasteiger partial charge on any atom is 0.385 e. The van der Waals surface area contributed by atoms with E-state index >= 15 is 0 Å². The summed E-state index contributed by atoms with van der Waals surface area (Å²) in [6.45, 7) is 3.21. The molecule has 0 bridgehead atoms. The molecule has 0 spiro atoms. The normalized spacial score (nSPS) is 15.0. The molecule has 4 heteroatoms. The van der Waals surface area contributed by atoms with Gasteiger partial charge in [0.05, 0.1) is 0 Å². The van der Waals surface area contributed by atoms with E-state index in [1.165, 1.54) is 6.08 Å². The first kappa shape index (κ1) is 8.59. The molecule has 0 radical (unpaired) electrons. The van der Waals surface area contributed by atoms with Gasteiger partial charge in [-0.1, -0.05) is 6.08 Å². The molecule has 0 saturated heterocycles. The molecule has 0 aliphatic carbocycles. The molecule has 0 aromatic carbocycles. The molecule has 0 N–H and O–H groups in total. The molecule has 0 aromatic heterocycles. The van der Waals surface area contributed by atoms with Crippen LogP contribution in [0.3, 0.4) is 0 Å². The SMILES string of the molecule is BC(CC=C)C(F)(F)F. The van der Waals surface area contributed by atoms with Crippen LogP contribution in [0.1, 0.15) is 6.42 Å². The third kappa shape index (κ3) is 3.22. The summed E-state index contributed by atoms with van der Waals surface area (Å²) in [7, 11) is 1.14. The molecule has 1 unspecified atom stereocenters. The first-order valence-electron chi connectivity index (χ1n) is 2.66. The topological polar surface area (TPSA) is 0 Å². The molecule has 1 atom stereocenters. The van der Waals surface area contributed by atoms with Gasteiger partial charge < -0.3 is 0 Å². The number of allylic oxidation sites excluding steroid dienone is 1. The monoisotopic (exact) mass is 136 g/mol. The van der Waals surface area contributed by atoms with E-state index < -0.39 is 12.0 Å². The van der Waals surface area contributed by atoms with Crippen LogP contribution in [0, 0.1) is 0 Å². The zero-order valence-corrected chi connectivity index (χ0v) is 5.20. The number of halogens is 3. The number of rotatable bonds is 2. The molecular weight excluding hydrogens is 128 g/mol. The molecule has 0 heterocycles. The van der Waals surface area contributed by atoms with Crippen LogP contribution in [0.15, 0.2) is 12.7 Å². The van der Waals surface area contributed by atoms with Crippen LogP contribution < -0.4 is 0 Å². The first-order chi connectivity index (χ1) is 3.98. The highest BCUT2D eigenvalue weighted by molar-refractivity contribution is 6.12. The van der Waals surface area contributed by atoms with Gasteiger partial charge in [-0.15, -0.1) is 6.58 Å². The Morgan fingerprint density at radius 1 is 1.56 bits per heavy atom. The minimum atomic E-state index is -4.06. The predicted octanol–water partition coefficient (Wildman–Crippen LogP) is 1.55. The van der Waals surface area contributed by atoms with Gasteiger partial charge in [0.2, 0.25) is 0 Å². The Labute approximate surface area is 53.2 Å². The predicted molar refractivity (Wildman–Crippen MR) is 33.2 cm³/mol. The summed E-state index contributed by atoms with van der Waals surface area (Å²) in [5, 5.41) is 0. The maximum atomic E-state index is 11.6. The van der Waals surface area contributed by atoms with E-state index in [2.05, 4.69) is 6.58 Å². The van der Waals surface area contributed by atoms with Crippen LogP contribution in [0.25, 0.3) is 0 Å². The number of hydrogen-bond donors (Lipinski definition) is 0. The van der Waals surface area contributed by atoms with Crippen LogP contribution in [-0.2, 0) is 0 Å². The summed E-state index contributed by atoms with van der Waals surface area (Å²) in [4.78, 5) is 0. The molecular formula is C5H8BF3. The second-order valence-electron chi connectivity index (χ2n) is 1.97. The van der Waals surface area contributed by atoms with Gasteiger partial charge in [-0.2, -0.15) is 13.2 Å². The van der Waals surface area contributed by atoms with Crippen molar-refractivity contribution in [2.75, 3.05) is 0 Å². The summed E-state index contributed by atoms with van der Waals surface area (Å²) >= 11 is 0. The Kier molecular flexibility index (Phi) is 2.81. The highest BCUT2D eigenvalue weighted by atomic mass is 19.4. The Morgan fingerprint density at radius 2 is 2.00 bits per heavy atom. The van der Waals surface area contributed by atoms with E-state index in [9.17, 15) is 13.2 Å². The Bertz CT molecular complexity index is 96.9. The first-order valence-corrected chi connectivity index (χ1v) is 2.66. The third-order valence-corrected chi connectivity index (χ3v) is 1.08. The summed E-state index contributed by atoms with van der Waals surface area (Å²) in [6, 6.07) is 0. The lowest BCUT2D eigenvalue weighted by molar-refractivity contribution is -0.132. The largest absolute Gasteiger partial charge is 0.385 e. The molecule has 0 amide bonds. The quantitative estimate of drug-likeness (QED) is 0.399. The molecule has 9 heavy (non-hydrogen) atoms. The minimum Gasteiger partial charge on any atom is -0.172 e. The van der Waals surface area contributed by atoms with Crippen molar-refractivity contribution in [1.29, 1.82) is 0 Å². The molecule has 0 rings (SSSR count). The van der Waals surface area contributed by atoms with Crippen LogP contribution in [0.4, 0.5) is 13.2 Å². The van der Waals surface area contributed by atoms with Crippen molar-refractivity contribution >= 4 is 7.85 Å². The van der Waals surface area contributed by atoms with Gasteiger partial charge >= 0.3 is 6.18 Å². The van der Waals surface area contributed by atoms with E-state index in [4.69, 9.17) is 0 Å². The van der Waals surface area contributed by atoms with E-state index in [-0.39, 0.29) is 6.42 Å². The molecule has 0 aliphatic rings. The van der Waals surface area contributed by atoms with Crippen molar-refractivity contribution in [1.82, 2.24) is 0 Å². The van der Waals surface area contributed by atoms with Crippen LogP contribution in [0.2, 0.25) is 5.82 Å². The van der Waals surface area contributed by atoms with E-state index in [0.717, 1.165) is 7.85 Å². The number of hydrogen-bond acceptors (Lipinski definition) is 0. The standard InChI is InChI=1S/C5H8BF3/c1-2-3-4(6)5(7,8)9/h2,4H,1,3,6H2. The van der Waals surface area contributed by atoms with Crippen LogP contribution in [-0.4, -0.2) is 14.0 Å². The Morgan fingerprint density at radius 3 is 2.11 bits per heavy atom. The Balaban J connectivity index is 3.72. The van der Waals surface area contributed by atoms with Crippen molar-refractivity contribution < 1.29 is 13.2 Å². The zero-order valence-electron chi connectivity index (χ0n) is 5.20. The second kappa shape index (κ2) is 2.94. The fourth-order valence-corrected chi connectivity index (χ4v) is 0.384. The van der Waals surface area contributed by atoms with E-state index in [1.807, 2.05) is 0 Å². The molecule has 0 nitrogen and oxygen atoms in total. The van der Waals surface area contributed by atoms with Crippen molar-refractivity contribution in [3.8, 4) is 0 Å². The van der Waals surface area contributed by atoms with Crippen molar-refractivity contribution in [2.45, 2.75) is 18.4 Å². The highest BCUT2D eigenvalue weighted by Gasteiger charge is 2.34. The van der Waals surface area contributed by atoms with Gasteiger partial charge in [0.25, 0.3) is 0 Å². The Hall–Kier alpha value is -0.405. The molecule has 0 fully saturated rings. The lowest BCUT2D eigenvalue weighted by Crippen LogP contribution is -2.16. The minimum absolute atomic E-state index is 0.00347. The van der Waals surface area contributed by atoms with Gasteiger partial charge in [0, 0.05) is 5.82 Å². The second-order valence-corrected chi connectivity index (χ2v) is 1.97. The molecule has 0 aromatic rings. The lowest BCUT2D eigenvalue weighted by atomic mass is 9.84. The van der Waals surface area contributed by atoms with Crippen LogP contribution >= 0.6 is 0 Å². The lowest BCUT2D eigenvalue weighted by Gasteiger charge is -2.12. The fraction of sp³-hybridized carbons (Fsp3) is 0.600. The van der Waals surface area contributed by atoms with Gasteiger partial charge in [-0.25, -0.2) is 0 Å². The van der Waals surface area contributed by atoms with E-state index in [1.54, 1.807) is 0 Å². The van der Waals surface area contributed by atoms with Gasteiger partial charge in [-0.05, 0) is 6.42 Å². The zero-order chi connectivity index (χ0) is 7.49. The van der Waals surface area contributed by atoms with Crippen LogP contribution in [0.5, 0.6) is 0 Å². The highest BCUT2D eigenvalue weighted by Crippen LogP contribution is 2.30. The molecule has 0 aliphatic heterocycles. The summed E-state index contributed by atoms with van der Waals surface area (Å²) < 4.78 is 34.8. The van der Waals surface area contributed by atoms with Crippen molar-refractivity contribution in [2.24, 2.45) is 0 Å². The smallest absolute Gasteiger partial charge is 0.172 e. The third-order valence-electron chi connectivity index (χ3n) is 1.08. The molecule has 0 saturated carbocycles. The van der Waals surface area contributed by atoms with Gasteiger partial charge in [-0.3, -0.25) is 0 Å². The van der Waals surface area contributed by atoms with Crippen molar-refractivity contribution in [3.05, 3.63) is 12.7 Å². The number of alkyl halides is 3. The maximum absolute atomic E-state index is 11.6. The molecule has 52 valence electrons. The summed E-state index contributed by atoms with van der Waals surface area (Å²) in [5.41, 5.74) is 0. The average Bonchev–Trinajstić information content (AvgIpc) is 1.64. The van der Waals surface area contributed by atoms with E-state index in [0.29, 0.717) is 0 Å². The van der Waals surface area contributed by atoms with Gasteiger partial charge in [0.15, 0.2) is 0 Å². The fourth-order valence-electron chi connectivity index (χ4n) is 0.384. The van der Waals surface area contributed by atoms with Crippen molar-refractivity contribution in [3.63, 3.8) is 0 Å². The summed E-state index contributed by atoms with van der Waals surface area (Å²) in [5.74, 6) is -1.25. The summed E-state index contributed by atoms with van der Waals surface area (Å²) in [6.07, 6.45) is -2.78.